The molecule has 0 unspecified atom stereocenters. The molecule has 0 aromatic heterocycles. The van der Waals surface area contributed by atoms with Crippen molar-refractivity contribution in [3.63, 3.8) is 0 Å². The van der Waals surface area contributed by atoms with E-state index in [-0.39, 0.29) is 5.97 Å². The first-order chi connectivity index (χ1) is 6.24. The van der Waals surface area contributed by atoms with E-state index in [1.54, 1.807) is 6.92 Å². The summed E-state index contributed by atoms with van der Waals surface area (Å²) in [7, 11) is 0. The number of ether oxygens (including phenoxy) is 1. The van der Waals surface area contributed by atoms with Gasteiger partial charge in [-0.05, 0) is 13.5 Å². The highest BCUT2D eigenvalue weighted by atomic mass is 16.5. The fourth-order valence-corrected chi connectivity index (χ4v) is 0.932. The molecule has 0 saturated carbocycles. The molecule has 0 radical (unpaired) electrons. The van der Waals surface area contributed by atoms with E-state index >= 15 is 0 Å². The zero-order valence-electron chi connectivity index (χ0n) is 8.25. The smallest absolute Gasteiger partial charge is 0.307 e. The highest BCUT2D eigenvalue weighted by Gasteiger charge is 2.05. The number of carbonyl (C=O) groups is 1. The summed E-state index contributed by atoms with van der Waals surface area (Å²) in [6.45, 7) is 5.92. The Kier molecular flexibility index (Phi) is 6.93. The van der Waals surface area contributed by atoms with Crippen molar-refractivity contribution < 1.29 is 9.53 Å². The lowest BCUT2D eigenvalue weighted by molar-refractivity contribution is -0.143. The number of hydrogen-bond donors (Lipinski definition) is 0. The fourth-order valence-electron chi connectivity index (χ4n) is 0.932. The van der Waals surface area contributed by atoms with Gasteiger partial charge in [0.1, 0.15) is 0 Å². The molecule has 0 N–H and O–H groups in total. The summed E-state index contributed by atoms with van der Waals surface area (Å²) in [6.07, 6.45) is 0.364. The standard InChI is InChI=1S/C9H16N2O2/c1-3-11(8-6-10)7-5-9(12)13-4-2/h3-5,7-8H2,1-2H3. The summed E-state index contributed by atoms with van der Waals surface area (Å²) >= 11 is 0. The van der Waals surface area contributed by atoms with Crippen LogP contribution in [0, 0.1) is 11.3 Å². The molecule has 0 atom stereocenters. The van der Waals surface area contributed by atoms with Gasteiger partial charge in [-0.15, -0.1) is 0 Å². The van der Waals surface area contributed by atoms with Crippen molar-refractivity contribution in [2.45, 2.75) is 20.3 Å². The van der Waals surface area contributed by atoms with Crippen molar-refractivity contribution in [3.8, 4) is 6.07 Å². The van der Waals surface area contributed by atoms with E-state index in [4.69, 9.17) is 10.00 Å². The molecule has 74 valence electrons. The second-order valence-corrected chi connectivity index (χ2v) is 2.58. The van der Waals surface area contributed by atoms with Crippen molar-refractivity contribution in [3.05, 3.63) is 0 Å². The van der Waals surface area contributed by atoms with Crippen molar-refractivity contribution in [1.29, 1.82) is 5.26 Å². The molecule has 0 aromatic carbocycles. The van der Waals surface area contributed by atoms with Gasteiger partial charge in [-0.25, -0.2) is 0 Å². The van der Waals surface area contributed by atoms with E-state index in [2.05, 4.69) is 0 Å². The van der Waals surface area contributed by atoms with E-state index in [1.165, 1.54) is 0 Å². The molecule has 4 heteroatoms. The lowest BCUT2D eigenvalue weighted by atomic mass is 10.4. The Labute approximate surface area is 79.1 Å². The summed E-state index contributed by atoms with van der Waals surface area (Å²) in [5.74, 6) is -0.195. The molecule has 0 aliphatic heterocycles. The Morgan fingerprint density at radius 3 is 2.69 bits per heavy atom. The van der Waals surface area contributed by atoms with Gasteiger partial charge in [0, 0.05) is 6.54 Å². The third kappa shape index (κ3) is 6.12. The van der Waals surface area contributed by atoms with Crippen molar-refractivity contribution in [2.75, 3.05) is 26.2 Å². The molecule has 0 saturated heterocycles. The van der Waals surface area contributed by atoms with E-state index < -0.39 is 0 Å². The summed E-state index contributed by atoms with van der Waals surface area (Å²) in [6, 6.07) is 2.05. The van der Waals surface area contributed by atoms with Crippen LogP contribution in [0.2, 0.25) is 0 Å². The molecular weight excluding hydrogens is 168 g/mol. The van der Waals surface area contributed by atoms with Crippen molar-refractivity contribution in [1.82, 2.24) is 4.90 Å². The van der Waals surface area contributed by atoms with Crippen LogP contribution in [0.1, 0.15) is 20.3 Å². The first kappa shape index (κ1) is 11.9. The molecule has 0 aliphatic rings. The average Bonchev–Trinajstić information content (AvgIpc) is 2.12. The summed E-state index contributed by atoms with van der Waals surface area (Å²) in [4.78, 5) is 12.8. The highest BCUT2D eigenvalue weighted by molar-refractivity contribution is 5.69. The Morgan fingerprint density at radius 2 is 2.23 bits per heavy atom. The van der Waals surface area contributed by atoms with Gasteiger partial charge in [-0.2, -0.15) is 5.26 Å². The third-order valence-corrected chi connectivity index (χ3v) is 1.68. The summed E-state index contributed by atoms with van der Waals surface area (Å²) in [5, 5.41) is 8.43. The molecule has 0 amide bonds. The molecule has 13 heavy (non-hydrogen) atoms. The monoisotopic (exact) mass is 184 g/mol. The Balaban J connectivity index is 3.60. The molecule has 0 spiro atoms. The number of esters is 1. The minimum Gasteiger partial charge on any atom is -0.466 e. The molecule has 0 bridgehead atoms. The average molecular weight is 184 g/mol. The number of nitriles is 1. The van der Waals surface area contributed by atoms with Crippen LogP contribution in [-0.2, 0) is 9.53 Å². The highest BCUT2D eigenvalue weighted by Crippen LogP contribution is 1.92. The Bertz CT molecular complexity index is 187. The van der Waals surface area contributed by atoms with Gasteiger partial charge in [0.15, 0.2) is 0 Å². The number of carbonyl (C=O) groups excluding carboxylic acids is 1. The van der Waals surface area contributed by atoms with Gasteiger partial charge in [0.25, 0.3) is 0 Å². The fraction of sp³-hybridized carbons (Fsp3) is 0.778. The zero-order chi connectivity index (χ0) is 10.1. The topological polar surface area (TPSA) is 53.3 Å². The molecule has 0 heterocycles. The van der Waals surface area contributed by atoms with Crippen LogP contribution in [0.5, 0.6) is 0 Å². The Hall–Kier alpha value is -1.08. The molecule has 0 aliphatic carbocycles. The lowest BCUT2D eigenvalue weighted by Crippen LogP contribution is -2.26. The molecule has 0 fully saturated rings. The van der Waals surface area contributed by atoms with Gasteiger partial charge >= 0.3 is 5.97 Å². The van der Waals surface area contributed by atoms with Gasteiger partial charge in [-0.3, -0.25) is 9.69 Å². The predicted octanol–water partition coefficient (Wildman–Crippen LogP) is 0.785. The Morgan fingerprint density at radius 1 is 1.54 bits per heavy atom. The lowest BCUT2D eigenvalue weighted by Gasteiger charge is -2.15. The quantitative estimate of drug-likeness (QED) is 0.452. The normalized spacial score (nSPS) is 9.69. The van der Waals surface area contributed by atoms with E-state index in [0.717, 1.165) is 6.54 Å². The van der Waals surface area contributed by atoms with E-state index in [0.29, 0.717) is 26.1 Å². The number of nitrogens with zero attached hydrogens (tertiary/aromatic N) is 2. The predicted molar refractivity (Wildman–Crippen MR) is 49.0 cm³/mol. The van der Waals surface area contributed by atoms with Crippen LogP contribution in [-0.4, -0.2) is 37.1 Å². The van der Waals surface area contributed by atoms with Gasteiger partial charge in [0.05, 0.1) is 25.6 Å². The third-order valence-electron chi connectivity index (χ3n) is 1.68. The summed E-state index contributed by atoms with van der Waals surface area (Å²) in [5.41, 5.74) is 0. The van der Waals surface area contributed by atoms with Crippen LogP contribution in [0.15, 0.2) is 0 Å². The van der Waals surface area contributed by atoms with Crippen LogP contribution in [0.4, 0.5) is 0 Å². The second kappa shape index (κ2) is 7.56. The molecule has 4 nitrogen and oxygen atoms in total. The maximum Gasteiger partial charge on any atom is 0.307 e. The number of hydrogen-bond acceptors (Lipinski definition) is 4. The maximum atomic E-state index is 10.9. The largest absolute Gasteiger partial charge is 0.466 e. The molecule has 0 rings (SSSR count). The molecule has 0 aromatic rings. The van der Waals surface area contributed by atoms with Crippen molar-refractivity contribution >= 4 is 5.97 Å². The van der Waals surface area contributed by atoms with E-state index in [9.17, 15) is 4.79 Å². The zero-order valence-corrected chi connectivity index (χ0v) is 8.25. The van der Waals surface area contributed by atoms with E-state index in [1.807, 2.05) is 17.9 Å². The van der Waals surface area contributed by atoms with Crippen LogP contribution >= 0.6 is 0 Å². The minimum absolute atomic E-state index is 0.195. The maximum absolute atomic E-state index is 10.9. The minimum atomic E-state index is -0.195. The summed E-state index contributed by atoms with van der Waals surface area (Å²) < 4.78 is 4.77. The van der Waals surface area contributed by atoms with Crippen LogP contribution < -0.4 is 0 Å². The second-order valence-electron chi connectivity index (χ2n) is 2.58. The number of rotatable bonds is 6. The first-order valence-electron chi connectivity index (χ1n) is 4.49. The van der Waals surface area contributed by atoms with Crippen LogP contribution in [0.25, 0.3) is 0 Å². The SMILES string of the molecule is CCOC(=O)CCN(CC)CC#N. The molecular formula is C9H16N2O2. The van der Waals surface area contributed by atoms with Crippen molar-refractivity contribution in [2.24, 2.45) is 0 Å². The van der Waals surface area contributed by atoms with Crippen LogP contribution in [0.3, 0.4) is 0 Å². The van der Waals surface area contributed by atoms with Gasteiger partial charge in [-0.1, -0.05) is 6.92 Å². The first-order valence-corrected chi connectivity index (χ1v) is 4.49. The van der Waals surface area contributed by atoms with Gasteiger partial charge in [0.2, 0.25) is 0 Å². The van der Waals surface area contributed by atoms with Gasteiger partial charge < -0.3 is 4.74 Å².